The summed E-state index contributed by atoms with van der Waals surface area (Å²) in [6, 6.07) is 8.83. The van der Waals surface area contributed by atoms with Gasteiger partial charge in [0.05, 0.1) is 5.69 Å². The molecule has 2 aromatic heterocycles. The van der Waals surface area contributed by atoms with Gasteiger partial charge in [-0.3, -0.25) is 14.9 Å². The first-order valence-corrected chi connectivity index (χ1v) is 8.01. The predicted molar refractivity (Wildman–Crippen MR) is 91.3 cm³/mol. The van der Waals surface area contributed by atoms with Gasteiger partial charge < -0.3 is 4.98 Å². The molecule has 3 aromatic rings. The second-order valence-electron chi connectivity index (χ2n) is 4.86. The number of rotatable bonds is 4. The fourth-order valence-electron chi connectivity index (χ4n) is 1.98. The fraction of sp³-hybridized carbons (Fsp3) is 0.0625. The Bertz CT molecular complexity index is 868. The molecule has 116 valence electrons. The Balaban J connectivity index is 1.74. The van der Waals surface area contributed by atoms with Gasteiger partial charge in [0.1, 0.15) is 5.69 Å². The Morgan fingerprint density at radius 2 is 2.00 bits per heavy atom. The van der Waals surface area contributed by atoms with Gasteiger partial charge in [-0.15, -0.1) is 11.3 Å². The average molecular weight is 346 g/mol. The number of hydrogen-bond acceptors (Lipinski definition) is 4. The van der Waals surface area contributed by atoms with E-state index >= 15 is 0 Å². The van der Waals surface area contributed by atoms with Gasteiger partial charge in [0.25, 0.3) is 5.91 Å². The highest BCUT2D eigenvalue weighted by Gasteiger charge is 2.13. The molecule has 23 heavy (non-hydrogen) atoms. The molecule has 0 atom stereocenters. The van der Waals surface area contributed by atoms with Crippen LogP contribution in [0, 0.1) is 0 Å². The van der Waals surface area contributed by atoms with E-state index in [0.717, 1.165) is 11.3 Å². The van der Waals surface area contributed by atoms with Gasteiger partial charge >= 0.3 is 0 Å². The lowest BCUT2D eigenvalue weighted by atomic mass is 10.2. The maximum Gasteiger partial charge on any atom is 0.273 e. The Morgan fingerprint density at radius 3 is 2.65 bits per heavy atom. The standard InChI is InChI=1S/C16H12ClN3O2S/c1-9(21)11-6-13(18-7-11)15(22)20-16-19-14(8-23-16)10-2-4-12(17)5-3-10/h2-8,18H,1H3,(H,19,20,22). The number of benzene rings is 1. The van der Waals surface area contributed by atoms with E-state index < -0.39 is 0 Å². The van der Waals surface area contributed by atoms with Crippen LogP contribution in [0.2, 0.25) is 5.02 Å². The molecule has 2 N–H and O–H groups in total. The highest BCUT2D eigenvalue weighted by Crippen LogP contribution is 2.26. The maximum absolute atomic E-state index is 12.1. The van der Waals surface area contributed by atoms with E-state index in [1.165, 1.54) is 30.5 Å². The zero-order valence-corrected chi connectivity index (χ0v) is 13.7. The van der Waals surface area contributed by atoms with Crippen LogP contribution in [-0.4, -0.2) is 21.7 Å². The third-order valence-electron chi connectivity index (χ3n) is 3.20. The zero-order valence-electron chi connectivity index (χ0n) is 12.1. The van der Waals surface area contributed by atoms with Crippen LogP contribution >= 0.6 is 22.9 Å². The quantitative estimate of drug-likeness (QED) is 0.694. The van der Waals surface area contributed by atoms with Crippen molar-refractivity contribution < 1.29 is 9.59 Å². The van der Waals surface area contributed by atoms with Crippen molar-refractivity contribution >= 4 is 39.8 Å². The van der Waals surface area contributed by atoms with Gasteiger partial charge in [-0.2, -0.15) is 0 Å². The van der Waals surface area contributed by atoms with Gasteiger partial charge in [0.2, 0.25) is 0 Å². The third kappa shape index (κ3) is 3.49. The molecule has 7 heteroatoms. The van der Waals surface area contributed by atoms with E-state index in [4.69, 9.17) is 11.6 Å². The lowest BCUT2D eigenvalue weighted by molar-refractivity contribution is 0.101. The number of carbonyl (C=O) groups excluding carboxylic acids is 2. The summed E-state index contributed by atoms with van der Waals surface area (Å²) in [6.45, 7) is 1.45. The van der Waals surface area contributed by atoms with E-state index in [1.54, 1.807) is 12.1 Å². The van der Waals surface area contributed by atoms with E-state index in [-0.39, 0.29) is 11.7 Å². The largest absolute Gasteiger partial charge is 0.356 e. The van der Waals surface area contributed by atoms with E-state index in [1.807, 2.05) is 17.5 Å². The summed E-state index contributed by atoms with van der Waals surface area (Å²) in [5, 5.41) is 5.71. The molecule has 2 heterocycles. The monoisotopic (exact) mass is 345 g/mol. The molecule has 0 aliphatic heterocycles. The number of nitrogens with zero attached hydrogens (tertiary/aromatic N) is 1. The molecule has 0 aliphatic carbocycles. The Hall–Kier alpha value is -2.44. The number of nitrogens with one attached hydrogen (secondary N) is 2. The summed E-state index contributed by atoms with van der Waals surface area (Å²) in [5.74, 6) is -0.436. The van der Waals surface area contributed by atoms with E-state index in [0.29, 0.717) is 21.4 Å². The summed E-state index contributed by atoms with van der Waals surface area (Å²) in [5.41, 5.74) is 2.47. The first kappa shape index (κ1) is 15.5. The Labute approximate surface area is 141 Å². The maximum atomic E-state index is 12.1. The van der Waals surface area contributed by atoms with E-state index in [2.05, 4.69) is 15.3 Å². The second-order valence-corrected chi connectivity index (χ2v) is 6.15. The van der Waals surface area contributed by atoms with Crippen molar-refractivity contribution in [3.05, 3.63) is 58.2 Å². The van der Waals surface area contributed by atoms with E-state index in [9.17, 15) is 9.59 Å². The van der Waals surface area contributed by atoms with Crippen molar-refractivity contribution in [3.63, 3.8) is 0 Å². The summed E-state index contributed by atoms with van der Waals surface area (Å²) in [7, 11) is 0. The number of halogens is 1. The average Bonchev–Trinajstić information content (AvgIpc) is 3.17. The van der Waals surface area contributed by atoms with Crippen LogP contribution in [0.4, 0.5) is 5.13 Å². The predicted octanol–water partition coefficient (Wildman–Crippen LogP) is 4.25. The molecule has 3 rings (SSSR count). The zero-order chi connectivity index (χ0) is 16.4. The van der Waals surface area contributed by atoms with Crippen LogP contribution < -0.4 is 5.32 Å². The molecule has 0 radical (unpaired) electrons. The van der Waals surface area contributed by atoms with Gasteiger partial charge in [-0.05, 0) is 25.1 Å². The van der Waals surface area contributed by atoms with Gasteiger partial charge in [0.15, 0.2) is 10.9 Å². The summed E-state index contributed by atoms with van der Waals surface area (Å²) in [4.78, 5) is 30.5. The Morgan fingerprint density at radius 1 is 1.26 bits per heavy atom. The van der Waals surface area contributed by atoms with Crippen LogP contribution in [0.5, 0.6) is 0 Å². The summed E-state index contributed by atoms with van der Waals surface area (Å²) < 4.78 is 0. The number of anilines is 1. The molecule has 0 saturated carbocycles. The number of amides is 1. The SMILES string of the molecule is CC(=O)c1c[nH]c(C(=O)Nc2nc(-c3ccc(Cl)cc3)cs2)c1. The minimum absolute atomic E-state index is 0.0976. The smallest absolute Gasteiger partial charge is 0.273 e. The van der Waals surface area contributed by atoms with Crippen molar-refractivity contribution in [2.45, 2.75) is 6.92 Å². The van der Waals surface area contributed by atoms with Gasteiger partial charge in [-0.1, -0.05) is 23.7 Å². The highest BCUT2D eigenvalue weighted by molar-refractivity contribution is 7.14. The molecule has 1 aromatic carbocycles. The first-order valence-electron chi connectivity index (χ1n) is 6.75. The lowest BCUT2D eigenvalue weighted by Crippen LogP contribution is -2.11. The van der Waals surface area contributed by atoms with Crippen LogP contribution in [0.1, 0.15) is 27.8 Å². The molecular weight excluding hydrogens is 334 g/mol. The number of Topliss-reactive ketones (excluding diaryl/α,β-unsaturated/α-hetero) is 1. The lowest BCUT2D eigenvalue weighted by Gasteiger charge is -1.99. The van der Waals surface area contributed by atoms with Gasteiger partial charge in [-0.25, -0.2) is 4.98 Å². The molecule has 1 amide bonds. The molecular formula is C16H12ClN3O2S. The molecule has 0 spiro atoms. The normalized spacial score (nSPS) is 10.5. The molecule has 0 saturated heterocycles. The minimum Gasteiger partial charge on any atom is -0.356 e. The molecule has 0 unspecified atom stereocenters. The number of ketones is 1. The number of H-pyrrole nitrogens is 1. The number of aromatic nitrogens is 2. The summed E-state index contributed by atoms with van der Waals surface area (Å²) in [6.07, 6.45) is 1.51. The van der Waals surface area contributed by atoms with Crippen LogP contribution in [0.25, 0.3) is 11.3 Å². The van der Waals surface area contributed by atoms with Crippen molar-refractivity contribution in [3.8, 4) is 11.3 Å². The van der Waals surface area contributed by atoms with Crippen molar-refractivity contribution in [2.24, 2.45) is 0 Å². The second kappa shape index (κ2) is 6.36. The van der Waals surface area contributed by atoms with Crippen molar-refractivity contribution in [1.29, 1.82) is 0 Å². The first-order chi connectivity index (χ1) is 11.0. The topological polar surface area (TPSA) is 74.8 Å². The van der Waals surface area contributed by atoms with Crippen LogP contribution in [0.3, 0.4) is 0 Å². The highest BCUT2D eigenvalue weighted by atomic mass is 35.5. The molecule has 0 aliphatic rings. The fourth-order valence-corrected chi connectivity index (χ4v) is 2.82. The van der Waals surface area contributed by atoms with Gasteiger partial charge in [0, 0.05) is 27.7 Å². The number of thiazole rings is 1. The molecule has 0 bridgehead atoms. The van der Waals surface area contributed by atoms with Crippen molar-refractivity contribution in [2.75, 3.05) is 5.32 Å². The number of hydrogen-bond donors (Lipinski definition) is 2. The Kier molecular flexibility index (Phi) is 4.27. The minimum atomic E-state index is -0.338. The van der Waals surface area contributed by atoms with Crippen molar-refractivity contribution in [1.82, 2.24) is 9.97 Å². The molecule has 5 nitrogen and oxygen atoms in total. The number of carbonyl (C=O) groups is 2. The van der Waals surface area contributed by atoms with Crippen LogP contribution in [-0.2, 0) is 0 Å². The van der Waals surface area contributed by atoms with Crippen LogP contribution in [0.15, 0.2) is 41.9 Å². The summed E-state index contributed by atoms with van der Waals surface area (Å²) >= 11 is 7.19. The third-order valence-corrected chi connectivity index (χ3v) is 4.21. The number of aromatic amines is 1. The molecule has 0 fully saturated rings.